The van der Waals surface area contributed by atoms with E-state index in [4.69, 9.17) is 9.15 Å². The second-order valence-corrected chi connectivity index (χ2v) is 7.27. The fourth-order valence-corrected chi connectivity index (χ4v) is 3.15. The van der Waals surface area contributed by atoms with Crippen LogP contribution >= 0.6 is 11.8 Å². The van der Waals surface area contributed by atoms with Gasteiger partial charge in [0.05, 0.1) is 5.75 Å². The maximum absolute atomic E-state index is 12.2. The molecule has 3 rings (SSSR count). The number of ether oxygens (including phenoxy) is 1. The van der Waals surface area contributed by atoms with Crippen molar-refractivity contribution in [2.75, 3.05) is 11.1 Å². The Morgan fingerprint density at radius 3 is 2.75 bits per heavy atom. The predicted octanol–water partition coefficient (Wildman–Crippen LogP) is 4.56. The maximum atomic E-state index is 12.2. The van der Waals surface area contributed by atoms with Gasteiger partial charge < -0.3 is 14.5 Å². The lowest BCUT2D eigenvalue weighted by molar-refractivity contribution is -0.113. The van der Waals surface area contributed by atoms with Crippen molar-refractivity contribution in [2.24, 2.45) is 0 Å². The lowest BCUT2D eigenvalue weighted by atomic mass is 10.1. The van der Waals surface area contributed by atoms with Gasteiger partial charge in [0.25, 0.3) is 11.1 Å². The molecule has 0 aliphatic carbocycles. The first-order valence-electron chi connectivity index (χ1n) is 9.08. The van der Waals surface area contributed by atoms with Gasteiger partial charge in [0.2, 0.25) is 5.91 Å². The summed E-state index contributed by atoms with van der Waals surface area (Å²) in [5, 5.41) is 11.2. The lowest BCUT2D eigenvalue weighted by Gasteiger charge is -2.08. The van der Waals surface area contributed by atoms with Gasteiger partial charge in [0, 0.05) is 5.69 Å². The average molecular weight is 398 g/mol. The minimum absolute atomic E-state index is 0.114. The molecule has 1 N–H and O–H groups in total. The number of carbonyl (C=O) groups is 1. The van der Waals surface area contributed by atoms with Gasteiger partial charge in [-0.05, 0) is 55.2 Å². The number of anilines is 1. The Morgan fingerprint density at radius 1 is 1.14 bits per heavy atom. The molecule has 3 aromatic rings. The third-order valence-corrected chi connectivity index (χ3v) is 5.11. The molecule has 0 fully saturated rings. The van der Waals surface area contributed by atoms with Gasteiger partial charge in [-0.25, -0.2) is 0 Å². The molecule has 6 nitrogen and oxygen atoms in total. The molecule has 7 heteroatoms. The minimum Gasteiger partial charge on any atom is -0.484 e. The number of nitrogens with one attached hydrogen (secondary N) is 1. The van der Waals surface area contributed by atoms with E-state index in [-0.39, 0.29) is 18.3 Å². The third-order valence-electron chi connectivity index (χ3n) is 4.29. The molecule has 0 radical (unpaired) electrons. The maximum Gasteiger partial charge on any atom is 0.277 e. The van der Waals surface area contributed by atoms with Crippen molar-refractivity contribution < 1.29 is 13.9 Å². The topological polar surface area (TPSA) is 77.2 Å². The summed E-state index contributed by atoms with van der Waals surface area (Å²) in [5.41, 5.74) is 4.31. The lowest BCUT2D eigenvalue weighted by Crippen LogP contribution is -2.15. The van der Waals surface area contributed by atoms with Crippen molar-refractivity contribution >= 4 is 23.4 Å². The Morgan fingerprint density at radius 2 is 1.96 bits per heavy atom. The number of hydrogen-bond donors (Lipinski definition) is 1. The van der Waals surface area contributed by atoms with Gasteiger partial charge in [-0.1, -0.05) is 43.0 Å². The van der Waals surface area contributed by atoms with E-state index in [0.717, 1.165) is 29.0 Å². The SMILES string of the molecule is CCc1ccccc1NC(=O)CSc1nnc(COc2ccc(C)c(C)c2)o1. The average Bonchev–Trinajstić information content (AvgIpc) is 3.16. The molecule has 0 unspecified atom stereocenters. The molecule has 0 atom stereocenters. The van der Waals surface area contributed by atoms with E-state index in [0.29, 0.717) is 11.1 Å². The van der Waals surface area contributed by atoms with Crippen molar-refractivity contribution in [3.05, 3.63) is 65.0 Å². The van der Waals surface area contributed by atoms with Crippen LogP contribution in [0.2, 0.25) is 0 Å². The van der Waals surface area contributed by atoms with Gasteiger partial charge >= 0.3 is 0 Å². The van der Waals surface area contributed by atoms with E-state index in [2.05, 4.69) is 29.4 Å². The number of para-hydroxylation sites is 1. The van der Waals surface area contributed by atoms with Crippen LogP contribution in [0.25, 0.3) is 0 Å². The van der Waals surface area contributed by atoms with Crippen LogP contribution in [0.1, 0.15) is 29.5 Å². The zero-order valence-corrected chi connectivity index (χ0v) is 17.0. The highest BCUT2D eigenvalue weighted by molar-refractivity contribution is 7.99. The van der Waals surface area contributed by atoms with Gasteiger partial charge in [-0.3, -0.25) is 4.79 Å². The Bertz CT molecular complexity index is 956. The van der Waals surface area contributed by atoms with Crippen LogP contribution in [0.5, 0.6) is 5.75 Å². The summed E-state index contributed by atoms with van der Waals surface area (Å²) in [6, 6.07) is 13.7. The van der Waals surface area contributed by atoms with Gasteiger partial charge in [-0.15, -0.1) is 10.2 Å². The summed E-state index contributed by atoms with van der Waals surface area (Å²) in [7, 11) is 0. The van der Waals surface area contributed by atoms with Crippen LogP contribution in [-0.2, 0) is 17.8 Å². The summed E-state index contributed by atoms with van der Waals surface area (Å²) in [5.74, 6) is 1.21. The van der Waals surface area contributed by atoms with E-state index in [1.165, 1.54) is 17.3 Å². The molecule has 0 bridgehead atoms. The summed E-state index contributed by atoms with van der Waals surface area (Å²) in [6.07, 6.45) is 0.858. The summed E-state index contributed by atoms with van der Waals surface area (Å²) < 4.78 is 11.2. The summed E-state index contributed by atoms with van der Waals surface area (Å²) >= 11 is 1.20. The Labute approximate surface area is 168 Å². The van der Waals surface area contributed by atoms with Crippen LogP contribution in [0.4, 0.5) is 5.69 Å². The first kappa shape index (κ1) is 19.9. The summed E-state index contributed by atoms with van der Waals surface area (Å²) in [6.45, 7) is 6.33. The Kier molecular flexibility index (Phi) is 6.71. The van der Waals surface area contributed by atoms with E-state index in [1.54, 1.807) is 0 Å². The molecular formula is C21H23N3O3S. The number of rotatable bonds is 8. The molecule has 0 saturated heterocycles. The number of thioether (sulfide) groups is 1. The highest BCUT2D eigenvalue weighted by Crippen LogP contribution is 2.21. The van der Waals surface area contributed by atoms with Crippen LogP contribution < -0.4 is 10.1 Å². The van der Waals surface area contributed by atoms with Gasteiger partial charge in [-0.2, -0.15) is 0 Å². The largest absolute Gasteiger partial charge is 0.484 e. The van der Waals surface area contributed by atoms with E-state index < -0.39 is 0 Å². The van der Waals surface area contributed by atoms with Crippen LogP contribution in [0.15, 0.2) is 52.1 Å². The van der Waals surface area contributed by atoms with E-state index in [9.17, 15) is 4.79 Å². The zero-order valence-electron chi connectivity index (χ0n) is 16.2. The van der Waals surface area contributed by atoms with Crippen LogP contribution in [0.3, 0.4) is 0 Å². The Balaban J connectivity index is 1.49. The first-order chi connectivity index (χ1) is 13.5. The predicted molar refractivity (Wildman–Crippen MR) is 110 cm³/mol. The third kappa shape index (κ3) is 5.36. The second-order valence-electron chi connectivity index (χ2n) is 6.34. The normalized spacial score (nSPS) is 10.7. The molecule has 0 saturated carbocycles. The van der Waals surface area contributed by atoms with Crippen molar-refractivity contribution in [3.8, 4) is 5.75 Å². The zero-order chi connectivity index (χ0) is 19.9. The molecular weight excluding hydrogens is 374 g/mol. The molecule has 1 aromatic heterocycles. The number of carbonyl (C=O) groups excluding carboxylic acids is 1. The van der Waals surface area contributed by atoms with Crippen LogP contribution in [0, 0.1) is 13.8 Å². The number of hydrogen-bond acceptors (Lipinski definition) is 6. The fourth-order valence-electron chi connectivity index (χ4n) is 2.57. The molecule has 0 aliphatic heterocycles. The standard InChI is InChI=1S/C21H23N3O3S/c1-4-16-7-5-6-8-18(16)22-19(25)13-28-21-24-23-20(27-21)12-26-17-10-9-14(2)15(3)11-17/h5-11H,4,12-13H2,1-3H3,(H,22,25). The first-order valence-corrected chi connectivity index (χ1v) is 10.1. The van der Waals surface area contributed by atoms with Gasteiger partial charge in [0.15, 0.2) is 6.61 Å². The van der Waals surface area contributed by atoms with Crippen molar-refractivity contribution in [1.82, 2.24) is 10.2 Å². The quantitative estimate of drug-likeness (QED) is 0.562. The smallest absolute Gasteiger partial charge is 0.277 e. The van der Waals surface area contributed by atoms with E-state index >= 15 is 0 Å². The minimum atomic E-state index is -0.114. The molecule has 2 aromatic carbocycles. The molecule has 1 amide bonds. The van der Waals surface area contributed by atoms with Gasteiger partial charge in [0.1, 0.15) is 5.75 Å². The Hall–Kier alpha value is -2.80. The number of nitrogens with zero attached hydrogens (tertiary/aromatic N) is 2. The highest BCUT2D eigenvalue weighted by Gasteiger charge is 2.11. The molecule has 0 aliphatic rings. The number of aryl methyl sites for hydroxylation is 3. The summed E-state index contributed by atoms with van der Waals surface area (Å²) in [4.78, 5) is 12.2. The number of aromatic nitrogens is 2. The fraction of sp³-hybridized carbons (Fsp3) is 0.286. The molecule has 1 heterocycles. The second kappa shape index (κ2) is 9.41. The van der Waals surface area contributed by atoms with Crippen molar-refractivity contribution in [1.29, 1.82) is 0 Å². The number of amides is 1. The number of benzene rings is 2. The van der Waals surface area contributed by atoms with Crippen molar-refractivity contribution in [2.45, 2.75) is 39.0 Å². The van der Waals surface area contributed by atoms with E-state index in [1.807, 2.05) is 49.4 Å². The van der Waals surface area contributed by atoms with Crippen LogP contribution in [-0.4, -0.2) is 21.9 Å². The molecule has 28 heavy (non-hydrogen) atoms. The molecule has 146 valence electrons. The monoisotopic (exact) mass is 397 g/mol. The highest BCUT2D eigenvalue weighted by atomic mass is 32.2. The van der Waals surface area contributed by atoms with Crippen molar-refractivity contribution in [3.63, 3.8) is 0 Å². The molecule has 0 spiro atoms.